The largest absolute Gasteiger partial charge is 0.481 e. The van der Waals surface area contributed by atoms with E-state index in [1.807, 2.05) is 0 Å². The van der Waals surface area contributed by atoms with Crippen LogP contribution in [0.4, 0.5) is 0 Å². The molecule has 1 fully saturated rings. The molecular weight excluding hydrogens is 180 g/mol. The van der Waals surface area contributed by atoms with Crippen molar-refractivity contribution in [1.82, 2.24) is 0 Å². The van der Waals surface area contributed by atoms with E-state index in [9.17, 15) is 4.79 Å². The fourth-order valence-corrected chi connectivity index (χ4v) is 2.32. The molecule has 0 bridgehead atoms. The first-order valence-corrected chi connectivity index (χ1v) is 5.41. The van der Waals surface area contributed by atoms with Crippen LogP contribution in [0.25, 0.3) is 0 Å². The highest BCUT2D eigenvalue weighted by Gasteiger charge is 2.24. The summed E-state index contributed by atoms with van der Waals surface area (Å²) in [7, 11) is 0. The molecule has 1 aliphatic carbocycles. The first-order chi connectivity index (χ1) is 6.58. The van der Waals surface area contributed by atoms with Crippen LogP contribution >= 0.6 is 0 Å². The Kier molecular flexibility index (Phi) is 4.39. The van der Waals surface area contributed by atoms with E-state index in [4.69, 9.17) is 9.84 Å². The standard InChI is InChI=1S/C11H20O3/c1-8-5-9(2)7-10(6-8)14-4-3-11(12)13/h8-10H,3-7H2,1-2H3,(H,12,13). The maximum atomic E-state index is 10.3. The zero-order valence-corrected chi connectivity index (χ0v) is 9.03. The number of carbonyl (C=O) groups is 1. The van der Waals surface area contributed by atoms with Gasteiger partial charge in [0.15, 0.2) is 0 Å². The van der Waals surface area contributed by atoms with Crippen molar-refractivity contribution in [2.45, 2.75) is 45.6 Å². The maximum Gasteiger partial charge on any atom is 0.305 e. The molecule has 0 aromatic rings. The van der Waals surface area contributed by atoms with Crippen molar-refractivity contribution in [2.24, 2.45) is 11.8 Å². The minimum atomic E-state index is -0.776. The van der Waals surface area contributed by atoms with E-state index in [-0.39, 0.29) is 12.5 Å². The lowest BCUT2D eigenvalue weighted by Gasteiger charge is -2.31. The van der Waals surface area contributed by atoms with Gasteiger partial charge < -0.3 is 9.84 Å². The predicted molar refractivity (Wildman–Crippen MR) is 54.2 cm³/mol. The van der Waals surface area contributed by atoms with Crippen LogP contribution in [0.5, 0.6) is 0 Å². The Morgan fingerprint density at radius 3 is 2.36 bits per heavy atom. The second-order valence-corrected chi connectivity index (χ2v) is 4.55. The molecule has 82 valence electrons. The summed E-state index contributed by atoms with van der Waals surface area (Å²) in [6.45, 7) is 4.84. The van der Waals surface area contributed by atoms with E-state index in [0.29, 0.717) is 18.4 Å². The molecule has 0 spiro atoms. The Bertz CT molecular complexity index is 181. The summed E-state index contributed by atoms with van der Waals surface area (Å²) in [5.41, 5.74) is 0. The molecule has 14 heavy (non-hydrogen) atoms. The van der Waals surface area contributed by atoms with Crippen LogP contribution in [0, 0.1) is 11.8 Å². The fourth-order valence-electron chi connectivity index (χ4n) is 2.32. The lowest BCUT2D eigenvalue weighted by atomic mass is 9.82. The van der Waals surface area contributed by atoms with Gasteiger partial charge in [-0.15, -0.1) is 0 Å². The van der Waals surface area contributed by atoms with Gasteiger partial charge in [-0.25, -0.2) is 0 Å². The van der Waals surface area contributed by atoms with Crippen LogP contribution in [0.1, 0.15) is 39.5 Å². The van der Waals surface area contributed by atoms with Gasteiger partial charge in [-0.2, -0.15) is 0 Å². The number of hydrogen-bond donors (Lipinski definition) is 1. The first-order valence-electron chi connectivity index (χ1n) is 5.41. The summed E-state index contributed by atoms with van der Waals surface area (Å²) in [4.78, 5) is 10.3. The van der Waals surface area contributed by atoms with Crippen LogP contribution in [-0.4, -0.2) is 23.8 Å². The summed E-state index contributed by atoms with van der Waals surface area (Å²) in [6, 6.07) is 0. The zero-order valence-electron chi connectivity index (χ0n) is 9.03. The molecule has 1 saturated carbocycles. The zero-order chi connectivity index (χ0) is 10.6. The van der Waals surface area contributed by atoms with E-state index in [0.717, 1.165) is 12.8 Å². The summed E-state index contributed by atoms with van der Waals surface area (Å²) in [6.07, 6.45) is 3.86. The minimum Gasteiger partial charge on any atom is -0.481 e. The second kappa shape index (κ2) is 5.35. The van der Waals surface area contributed by atoms with Gasteiger partial charge in [0.25, 0.3) is 0 Å². The van der Waals surface area contributed by atoms with Crippen molar-refractivity contribution in [2.75, 3.05) is 6.61 Å². The van der Waals surface area contributed by atoms with E-state index in [1.165, 1.54) is 6.42 Å². The number of carboxylic acids is 1. The third-order valence-corrected chi connectivity index (χ3v) is 2.80. The number of aliphatic carboxylic acids is 1. The van der Waals surface area contributed by atoms with Crippen LogP contribution in [0.2, 0.25) is 0 Å². The molecule has 3 nitrogen and oxygen atoms in total. The molecule has 0 aromatic carbocycles. The normalized spacial score (nSPS) is 32.9. The van der Waals surface area contributed by atoms with E-state index in [1.54, 1.807) is 0 Å². The molecule has 3 heteroatoms. The molecule has 0 aliphatic heterocycles. The fraction of sp³-hybridized carbons (Fsp3) is 0.909. The molecule has 1 aliphatic rings. The third kappa shape index (κ3) is 4.09. The first kappa shape index (κ1) is 11.5. The predicted octanol–water partition coefficient (Wildman–Crippen LogP) is 2.30. The monoisotopic (exact) mass is 200 g/mol. The maximum absolute atomic E-state index is 10.3. The van der Waals surface area contributed by atoms with Gasteiger partial charge in [-0.3, -0.25) is 4.79 Å². The highest BCUT2D eigenvalue weighted by atomic mass is 16.5. The topological polar surface area (TPSA) is 46.5 Å². The molecular formula is C11H20O3. The molecule has 0 heterocycles. The number of ether oxygens (including phenoxy) is 1. The molecule has 1 rings (SSSR count). The van der Waals surface area contributed by atoms with Crippen molar-refractivity contribution in [3.05, 3.63) is 0 Å². The molecule has 2 unspecified atom stereocenters. The van der Waals surface area contributed by atoms with Gasteiger partial charge in [-0.05, 0) is 31.1 Å². The number of rotatable bonds is 4. The number of hydrogen-bond acceptors (Lipinski definition) is 2. The van der Waals surface area contributed by atoms with Crippen molar-refractivity contribution in [3.63, 3.8) is 0 Å². The summed E-state index contributed by atoms with van der Waals surface area (Å²) < 4.78 is 5.55. The summed E-state index contributed by atoms with van der Waals surface area (Å²) >= 11 is 0. The van der Waals surface area contributed by atoms with Crippen molar-refractivity contribution in [3.8, 4) is 0 Å². The highest BCUT2D eigenvalue weighted by molar-refractivity contribution is 5.66. The summed E-state index contributed by atoms with van der Waals surface area (Å²) in [5, 5.41) is 8.47. The van der Waals surface area contributed by atoms with Crippen molar-refractivity contribution in [1.29, 1.82) is 0 Å². The Morgan fingerprint density at radius 2 is 1.86 bits per heavy atom. The Balaban J connectivity index is 2.20. The molecule has 0 amide bonds. The molecule has 2 atom stereocenters. The third-order valence-electron chi connectivity index (χ3n) is 2.80. The van der Waals surface area contributed by atoms with Gasteiger partial charge in [0.2, 0.25) is 0 Å². The Labute approximate surface area is 85.5 Å². The van der Waals surface area contributed by atoms with Crippen LogP contribution in [0.15, 0.2) is 0 Å². The minimum absolute atomic E-state index is 0.124. The number of carboxylic acid groups (broad SMARTS) is 1. The van der Waals surface area contributed by atoms with Gasteiger partial charge >= 0.3 is 5.97 Å². The molecule has 1 N–H and O–H groups in total. The van der Waals surface area contributed by atoms with Crippen molar-refractivity contribution < 1.29 is 14.6 Å². The van der Waals surface area contributed by atoms with Crippen molar-refractivity contribution >= 4 is 5.97 Å². The lowest BCUT2D eigenvalue weighted by molar-refractivity contribution is -0.139. The Hall–Kier alpha value is -0.570. The van der Waals surface area contributed by atoms with E-state index < -0.39 is 5.97 Å². The average molecular weight is 200 g/mol. The molecule has 0 radical (unpaired) electrons. The smallest absolute Gasteiger partial charge is 0.305 e. The summed E-state index contributed by atoms with van der Waals surface area (Å²) in [5.74, 6) is 0.657. The molecule has 0 saturated heterocycles. The van der Waals surface area contributed by atoms with E-state index in [2.05, 4.69) is 13.8 Å². The van der Waals surface area contributed by atoms with Gasteiger partial charge in [0, 0.05) is 0 Å². The second-order valence-electron chi connectivity index (χ2n) is 4.55. The average Bonchev–Trinajstić information content (AvgIpc) is 2.01. The highest BCUT2D eigenvalue weighted by Crippen LogP contribution is 2.30. The van der Waals surface area contributed by atoms with Crippen LogP contribution < -0.4 is 0 Å². The van der Waals surface area contributed by atoms with Gasteiger partial charge in [0.1, 0.15) is 0 Å². The van der Waals surface area contributed by atoms with Crippen LogP contribution in [0.3, 0.4) is 0 Å². The van der Waals surface area contributed by atoms with Gasteiger partial charge in [0.05, 0.1) is 19.1 Å². The Morgan fingerprint density at radius 1 is 1.29 bits per heavy atom. The van der Waals surface area contributed by atoms with Gasteiger partial charge in [-0.1, -0.05) is 13.8 Å². The van der Waals surface area contributed by atoms with Crippen LogP contribution in [-0.2, 0) is 9.53 Å². The molecule has 0 aromatic heterocycles. The lowest BCUT2D eigenvalue weighted by Crippen LogP contribution is -2.27. The SMILES string of the molecule is CC1CC(C)CC(OCCC(=O)O)C1. The quantitative estimate of drug-likeness (QED) is 0.757. The van der Waals surface area contributed by atoms with E-state index >= 15 is 0 Å².